The SMILES string of the molecule is COc1ccc(CCN(C)C)cc1C1(N)CC1. The zero-order valence-corrected chi connectivity index (χ0v) is 11.0. The normalized spacial score (nSPS) is 17.2. The highest BCUT2D eigenvalue weighted by Crippen LogP contribution is 2.46. The molecule has 0 saturated heterocycles. The van der Waals surface area contributed by atoms with Gasteiger partial charge < -0.3 is 15.4 Å². The number of methoxy groups -OCH3 is 1. The van der Waals surface area contributed by atoms with Crippen molar-refractivity contribution in [2.45, 2.75) is 24.8 Å². The van der Waals surface area contributed by atoms with Gasteiger partial charge in [-0.05, 0) is 45.0 Å². The highest BCUT2D eigenvalue weighted by Gasteiger charge is 2.42. The number of nitrogens with two attached hydrogens (primary N) is 1. The van der Waals surface area contributed by atoms with E-state index in [1.54, 1.807) is 7.11 Å². The van der Waals surface area contributed by atoms with Crippen LogP contribution in [0.3, 0.4) is 0 Å². The summed E-state index contributed by atoms with van der Waals surface area (Å²) in [6.07, 6.45) is 3.20. The molecule has 0 amide bonds. The molecule has 0 spiro atoms. The Bertz CT molecular complexity index is 397. The summed E-state index contributed by atoms with van der Waals surface area (Å²) in [4.78, 5) is 2.19. The van der Waals surface area contributed by atoms with Crippen molar-refractivity contribution >= 4 is 0 Å². The van der Waals surface area contributed by atoms with Gasteiger partial charge in [-0.3, -0.25) is 0 Å². The fraction of sp³-hybridized carbons (Fsp3) is 0.571. The Morgan fingerprint density at radius 1 is 1.35 bits per heavy atom. The summed E-state index contributed by atoms with van der Waals surface area (Å²) in [5, 5.41) is 0. The summed E-state index contributed by atoms with van der Waals surface area (Å²) >= 11 is 0. The summed E-state index contributed by atoms with van der Waals surface area (Å²) in [5.74, 6) is 0.929. The molecule has 1 aromatic carbocycles. The first kappa shape index (κ1) is 12.4. The van der Waals surface area contributed by atoms with E-state index in [-0.39, 0.29) is 5.54 Å². The number of nitrogens with zero attached hydrogens (tertiary/aromatic N) is 1. The zero-order valence-electron chi connectivity index (χ0n) is 11.0. The molecule has 0 aromatic heterocycles. The van der Waals surface area contributed by atoms with Crippen molar-refractivity contribution in [3.8, 4) is 5.75 Å². The van der Waals surface area contributed by atoms with Gasteiger partial charge in [0, 0.05) is 17.6 Å². The van der Waals surface area contributed by atoms with Gasteiger partial charge in [0.05, 0.1) is 7.11 Å². The standard InChI is InChI=1S/C14H22N2O/c1-16(2)9-6-11-4-5-13(17-3)12(10-11)14(15)7-8-14/h4-5,10H,6-9,15H2,1-3H3. The lowest BCUT2D eigenvalue weighted by atomic mass is 10.00. The van der Waals surface area contributed by atoms with Crippen molar-refractivity contribution in [1.29, 1.82) is 0 Å². The van der Waals surface area contributed by atoms with Gasteiger partial charge in [-0.1, -0.05) is 12.1 Å². The second-order valence-electron chi connectivity index (χ2n) is 5.24. The molecular formula is C14H22N2O. The van der Waals surface area contributed by atoms with Gasteiger partial charge in [0.1, 0.15) is 5.75 Å². The molecular weight excluding hydrogens is 212 g/mol. The van der Waals surface area contributed by atoms with Gasteiger partial charge in [0.2, 0.25) is 0 Å². The number of ether oxygens (including phenoxy) is 1. The Hall–Kier alpha value is -1.06. The molecule has 0 atom stereocenters. The topological polar surface area (TPSA) is 38.5 Å². The van der Waals surface area contributed by atoms with E-state index >= 15 is 0 Å². The number of hydrogen-bond acceptors (Lipinski definition) is 3. The molecule has 2 rings (SSSR count). The molecule has 0 radical (unpaired) electrons. The molecule has 0 unspecified atom stereocenters. The maximum atomic E-state index is 6.28. The van der Waals surface area contributed by atoms with Crippen LogP contribution in [0, 0.1) is 0 Å². The van der Waals surface area contributed by atoms with Crippen LogP contribution >= 0.6 is 0 Å². The minimum atomic E-state index is -0.126. The zero-order chi connectivity index (χ0) is 12.5. The lowest BCUT2D eigenvalue weighted by molar-refractivity contribution is 0.402. The molecule has 0 bridgehead atoms. The van der Waals surface area contributed by atoms with Crippen molar-refractivity contribution in [3.63, 3.8) is 0 Å². The Labute approximate surface area is 104 Å². The first-order valence-electron chi connectivity index (χ1n) is 6.16. The highest BCUT2D eigenvalue weighted by molar-refractivity contribution is 5.44. The van der Waals surface area contributed by atoms with Gasteiger partial charge >= 0.3 is 0 Å². The third-order valence-electron chi connectivity index (χ3n) is 3.44. The fourth-order valence-corrected chi connectivity index (χ4v) is 2.06. The van der Waals surface area contributed by atoms with Crippen LogP contribution in [0.5, 0.6) is 5.75 Å². The minimum Gasteiger partial charge on any atom is -0.496 e. The van der Waals surface area contributed by atoms with Crippen LogP contribution in [0.4, 0.5) is 0 Å². The van der Waals surface area contributed by atoms with Crippen molar-refractivity contribution in [2.75, 3.05) is 27.7 Å². The summed E-state index contributed by atoms with van der Waals surface area (Å²) in [6, 6.07) is 6.40. The lowest BCUT2D eigenvalue weighted by Crippen LogP contribution is -2.20. The Balaban J connectivity index is 2.20. The minimum absolute atomic E-state index is 0.126. The molecule has 1 aliphatic carbocycles. The fourth-order valence-electron chi connectivity index (χ4n) is 2.06. The summed E-state index contributed by atoms with van der Waals surface area (Å²) in [7, 11) is 5.90. The van der Waals surface area contributed by atoms with E-state index in [0.717, 1.165) is 31.6 Å². The third kappa shape index (κ3) is 2.79. The van der Waals surface area contributed by atoms with Gasteiger partial charge in [-0.15, -0.1) is 0 Å². The van der Waals surface area contributed by atoms with Gasteiger partial charge in [-0.25, -0.2) is 0 Å². The molecule has 1 fully saturated rings. The number of hydrogen-bond donors (Lipinski definition) is 1. The van der Waals surface area contributed by atoms with Crippen LogP contribution in [0.25, 0.3) is 0 Å². The van der Waals surface area contributed by atoms with Gasteiger partial charge in [0.15, 0.2) is 0 Å². The van der Waals surface area contributed by atoms with Crippen LogP contribution in [0.2, 0.25) is 0 Å². The van der Waals surface area contributed by atoms with Gasteiger partial charge in [-0.2, -0.15) is 0 Å². The van der Waals surface area contributed by atoms with Crippen LogP contribution in [-0.4, -0.2) is 32.6 Å². The summed E-state index contributed by atoms with van der Waals surface area (Å²) in [5.41, 5.74) is 8.67. The molecule has 94 valence electrons. The van der Waals surface area contributed by atoms with E-state index in [4.69, 9.17) is 10.5 Å². The molecule has 2 N–H and O–H groups in total. The largest absolute Gasteiger partial charge is 0.496 e. The predicted molar refractivity (Wildman–Crippen MR) is 70.4 cm³/mol. The number of rotatable bonds is 5. The molecule has 1 aliphatic rings. The monoisotopic (exact) mass is 234 g/mol. The molecule has 3 nitrogen and oxygen atoms in total. The quantitative estimate of drug-likeness (QED) is 0.843. The van der Waals surface area contributed by atoms with Crippen molar-refractivity contribution in [3.05, 3.63) is 29.3 Å². The van der Waals surface area contributed by atoms with Gasteiger partial charge in [0.25, 0.3) is 0 Å². The lowest BCUT2D eigenvalue weighted by Gasteiger charge is -2.16. The molecule has 0 heterocycles. The van der Waals surface area contributed by atoms with Crippen LogP contribution in [0.15, 0.2) is 18.2 Å². The molecule has 1 aromatic rings. The van der Waals surface area contributed by atoms with Crippen molar-refractivity contribution in [2.24, 2.45) is 5.73 Å². The Morgan fingerprint density at radius 3 is 2.59 bits per heavy atom. The van der Waals surface area contributed by atoms with E-state index in [1.807, 2.05) is 6.07 Å². The van der Waals surface area contributed by atoms with E-state index in [0.29, 0.717) is 0 Å². The van der Waals surface area contributed by atoms with Crippen LogP contribution < -0.4 is 10.5 Å². The van der Waals surface area contributed by atoms with E-state index < -0.39 is 0 Å². The van der Waals surface area contributed by atoms with Crippen molar-refractivity contribution in [1.82, 2.24) is 4.90 Å². The first-order chi connectivity index (χ1) is 8.05. The Morgan fingerprint density at radius 2 is 2.06 bits per heavy atom. The number of likely N-dealkylation sites (N-methyl/N-ethyl adjacent to an activating group) is 1. The van der Waals surface area contributed by atoms with E-state index in [1.165, 1.54) is 11.1 Å². The maximum absolute atomic E-state index is 6.28. The molecule has 0 aliphatic heterocycles. The summed E-state index contributed by atoms with van der Waals surface area (Å²) in [6.45, 7) is 1.06. The maximum Gasteiger partial charge on any atom is 0.123 e. The second kappa shape index (κ2) is 4.67. The third-order valence-corrected chi connectivity index (χ3v) is 3.44. The highest BCUT2D eigenvalue weighted by atomic mass is 16.5. The second-order valence-corrected chi connectivity index (χ2v) is 5.24. The van der Waals surface area contributed by atoms with Crippen molar-refractivity contribution < 1.29 is 4.74 Å². The molecule has 17 heavy (non-hydrogen) atoms. The molecule has 3 heteroatoms. The number of benzene rings is 1. The van der Waals surface area contributed by atoms with Crippen LogP contribution in [-0.2, 0) is 12.0 Å². The van der Waals surface area contributed by atoms with Crippen LogP contribution in [0.1, 0.15) is 24.0 Å². The first-order valence-corrected chi connectivity index (χ1v) is 6.16. The predicted octanol–water partition coefficient (Wildman–Crippen LogP) is 1.75. The van der Waals surface area contributed by atoms with E-state index in [9.17, 15) is 0 Å². The average molecular weight is 234 g/mol. The van der Waals surface area contributed by atoms with E-state index in [2.05, 4.69) is 31.1 Å². The molecule has 1 saturated carbocycles. The summed E-state index contributed by atoms with van der Waals surface area (Å²) < 4.78 is 5.40. The smallest absolute Gasteiger partial charge is 0.123 e. The average Bonchev–Trinajstić information content (AvgIpc) is 3.05. The Kier molecular flexibility index (Phi) is 3.40.